The molecule has 0 aliphatic carbocycles. The van der Waals surface area contributed by atoms with E-state index in [9.17, 15) is 0 Å². The molecular weight excluding hydrogens is 370 g/mol. The lowest BCUT2D eigenvalue weighted by Gasteiger charge is -2.31. The van der Waals surface area contributed by atoms with Gasteiger partial charge in [-0.15, -0.1) is 0 Å². The predicted octanol–water partition coefficient (Wildman–Crippen LogP) is 5.07. The Bertz CT molecular complexity index is 1160. The highest BCUT2D eigenvalue weighted by molar-refractivity contribution is 5.86. The summed E-state index contributed by atoms with van der Waals surface area (Å²) in [4.78, 5) is 5.86. The fourth-order valence-corrected chi connectivity index (χ4v) is 4.60. The van der Waals surface area contributed by atoms with Crippen LogP contribution in [-0.4, -0.2) is 32.7 Å². The topological polar surface area (TPSA) is 40.3 Å². The minimum absolute atomic E-state index is 0.135. The molecule has 0 bridgehead atoms. The van der Waals surface area contributed by atoms with Crippen LogP contribution in [-0.2, 0) is 0 Å². The van der Waals surface area contributed by atoms with E-state index in [1.807, 2.05) is 12.1 Å². The summed E-state index contributed by atoms with van der Waals surface area (Å²) in [7, 11) is 5.86. The molecule has 1 aliphatic rings. The molecule has 2 heterocycles. The molecule has 3 aromatic carbocycles. The van der Waals surface area contributed by atoms with Gasteiger partial charge in [0.2, 0.25) is 0 Å². The van der Waals surface area contributed by atoms with Gasteiger partial charge in [-0.25, -0.2) is 0 Å². The highest BCUT2D eigenvalue weighted by atomic mass is 16.5. The number of para-hydroxylation sites is 1. The van der Waals surface area contributed by atoms with E-state index in [1.54, 1.807) is 7.11 Å². The van der Waals surface area contributed by atoms with E-state index in [-0.39, 0.29) is 6.04 Å². The van der Waals surface area contributed by atoms with Gasteiger partial charge in [-0.05, 0) is 47.0 Å². The average Bonchev–Trinajstić information content (AvgIpc) is 3.18. The summed E-state index contributed by atoms with van der Waals surface area (Å²) in [5.74, 6) is 1.19. The quantitative estimate of drug-likeness (QED) is 0.505. The number of nitrogens with one attached hydrogen (secondary N) is 2. The third kappa shape index (κ3) is 3.14. The summed E-state index contributed by atoms with van der Waals surface area (Å²) in [5.41, 5.74) is 7.66. The number of aromatic nitrogens is 1. The second kappa shape index (κ2) is 7.54. The van der Waals surface area contributed by atoms with Gasteiger partial charge in [0.05, 0.1) is 13.2 Å². The Labute approximate surface area is 177 Å². The molecule has 0 saturated carbocycles. The number of hydrogen-bond acceptors (Lipinski definition) is 3. The van der Waals surface area contributed by atoms with E-state index in [2.05, 4.69) is 90.0 Å². The Kier molecular flexibility index (Phi) is 4.72. The van der Waals surface area contributed by atoms with Crippen LogP contribution >= 0.6 is 0 Å². The first-order chi connectivity index (χ1) is 14.7. The van der Waals surface area contributed by atoms with Crippen molar-refractivity contribution in [2.75, 3.05) is 32.6 Å². The lowest BCUT2D eigenvalue weighted by atomic mass is 9.83. The lowest BCUT2D eigenvalue weighted by Crippen LogP contribution is -2.34. The van der Waals surface area contributed by atoms with Gasteiger partial charge in [-0.2, -0.15) is 0 Å². The fourth-order valence-electron chi connectivity index (χ4n) is 4.60. The molecule has 0 fully saturated rings. The molecular formula is C26H27N3O. The minimum Gasteiger partial charge on any atom is -0.497 e. The molecule has 2 atom stereocenters. The van der Waals surface area contributed by atoms with Crippen molar-refractivity contribution in [3.8, 4) is 5.75 Å². The number of benzene rings is 3. The first kappa shape index (κ1) is 18.8. The van der Waals surface area contributed by atoms with E-state index in [4.69, 9.17) is 4.74 Å². The Balaban J connectivity index is 1.61. The summed E-state index contributed by atoms with van der Waals surface area (Å²) in [6.45, 7) is 0.896. The normalized spacial score (nSPS) is 18.2. The van der Waals surface area contributed by atoms with E-state index < -0.39 is 0 Å². The van der Waals surface area contributed by atoms with Crippen LogP contribution in [0.3, 0.4) is 0 Å². The summed E-state index contributed by atoms with van der Waals surface area (Å²) in [6.07, 6.45) is 0. The molecule has 0 amide bonds. The number of nitrogens with zero attached hydrogens (tertiary/aromatic N) is 1. The average molecular weight is 398 g/mol. The van der Waals surface area contributed by atoms with Gasteiger partial charge in [0, 0.05) is 48.8 Å². The predicted molar refractivity (Wildman–Crippen MR) is 124 cm³/mol. The zero-order valence-electron chi connectivity index (χ0n) is 17.6. The molecule has 4 heteroatoms. The second-order valence-electron chi connectivity index (χ2n) is 8.15. The Hall–Kier alpha value is -3.24. The lowest BCUT2D eigenvalue weighted by molar-refractivity contribution is 0.414. The van der Waals surface area contributed by atoms with Crippen LogP contribution < -0.4 is 15.0 Å². The van der Waals surface area contributed by atoms with Crippen LogP contribution in [0.15, 0.2) is 72.8 Å². The van der Waals surface area contributed by atoms with Crippen molar-refractivity contribution in [1.82, 2.24) is 10.3 Å². The van der Waals surface area contributed by atoms with Crippen molar-refractivity contribution in [2.45, 2.75) is 12.0 Å². The van der Waals surface area contributed by atoms with Gasteiger partial charge in [0.1, 0.15) is 5.75 Å². The van der Waals surface area contributed by atoms with E-state index >= 15 is 0 Å². The van der Waals surface area contributed by atoms with Crippen molar-refractivity contribution < 1.29 is 4.74 Å². The van der Waals surface area contributed by atoms with Crippen LogP contribution in [0, 0.1) is 0 Å². The number of anilines is 1. The van der Waals surface area contributed by atoms with Gasteiger partial charge in [0.15, 0.2) is 0 Å². The zero-order valence-corrected chi connectivity index (χ0v) is 17.6. The molecule has 0 saturated heterocycles. The van der Waals surface area contributed by atoms with Gasteiger partial charge in [-0.3, -0.25) is 0 Å². The molecule has 30 heavy (non-hydrogen) atoms. The molecule has 2 N–H and O–H groups in total. The van der Waals surface area contributed by atoms with Gasteiger partial charge >= 0.3 is 0 Å². The smallest absolute Gasteiger partial charge is 0.118 e. The van der Waals surface area contributed by atoms with Crippen molar-refractivity contribution in [1.29, 1.82) is 0 Å². The largest absolute Gasteiger partial charge is 0.497 e. The maximum Gasteiger partial charge on any atom is 0.118 e. The molecule has 1 aliphatic heterocycles. The molecule has 0 unspecified atom stereocenters. The number of hydrogen-bond donors (Lipinski definition) is 2. The van der Waals surface area contributed by atoms with Gasteiger partial charge in [0.25, 0.3) is 0 Å². The maximum atomic E-state index is 5.34. The minimum atomic E-state index is 0.135. The molecule has 4 nitrogen and oxygen atoms in total. The first-order valence-corrected chi connectivity index (χ1v) is 10.4. The third-order valence-electron chi connectivity index (χ3n) is 6.20. The number of aromatic amines is 1. The van der Waals surface area contributed by atoms with Crippen LogP contribution in [0.4, 0.5) is 5.69 Å². The monoisotopic (exact) mass is 397 g/mol. The highest BCUT2D eigenvalue weighted by Gasteiger charge is 2.32. The standard InChI is InChI=1S/C26H27N3O/c1-29(2)19-12-8-17(9-13-19)22-16-27-25(18-10-14-20(30-3)15-11-18)26-24(22)21-6-4-5-7-23(21)28-26/h4-15,22,25,27-28H,16H2,1-3H3/t22-,25+/m1/s1. The first-order valence-electron chi connectivity index (χ1n) is 10.4. The molecule has 0 radical (unpaired) electrons. The van der Waals surface area contributed by atoms with Crippen molar-refractivity contribution >= 4 is 16.6 Å². The van der Waals surface area contributed by atoms with Crippen molar-refractivity contribution in [3.05, 3.63) is 95.2 Å². The molecule has 0 spiro atoms. The number of H-pyrrole nitrogens is 1. The van der Waals surface area contributed by atoms with Crippen molar-refractivity contribution in [2.24, 2.45) is 0 Å². The number of methoxy groups -OCH3 is 1. The SMILES string of the molecule is COc1ccc([C@@H]2NC[C@H](c3ccc(N(C)C)cc3)c3c2[nH]c2ccccc32)cc1. The molecule has 4 aromatic rings. The number of ether oxygens (including phenoxy) is 1. The van der Waals surface area contributed by atoms with Crippen LogP contribution in [0.1, 0.15) is 34.3 Å². The van der Waals surface area contributed by atoms with E-state index in [1.165, 1.54) is 39.0 Å². The maximum absolute atomic E-state index is 5.34. The Morgan fingerprint density at radius 3 is 2.27 bits per heavy atom. The third-order valence-corrected chi connectivity index (χ3v) is 6.20. The fraction of sp³-hybridized carbons (Fsp3) is 0.231. The van der Waals surface area contributed by atoms with Crippen LogP contribution in [0.25, 0.3) is 10.9 Å². The zero-order chi connectivity index (χ0) is 20.7. The van der Waals surface area contributed by atoms with Crippen LogP contribution in [0.5, 0.6) is 5.75 Å². The molecule has 5 rings (SSSR count). The van der Waals surface area contributed by atoms with E-state index in [0.717, 1.165) is 12.3 Å². The second-order valence-corrected chi connectivity index (χ2v) is 8.15. The van der Waals surface area contributed by atoms with E-state index in [0.29, 0.717) is 5.92 Å². The Morgan fingerprint density at radius 2 is 1.57 bits per heavy atom. The summed E-state index contributed by atoms with van der Waals surface area (Å²) < 4.78 is 5.34. The Morgan fingerprint density at radius 1 is 0.867 bits per heavy atom. The van der Waals surface area contributed by atoms with Crippen molar-refractivity contribution in [3.63, 3.8) is 0 Å². The summed E-state index contributed by atoms with van der Waals surface area (Å²) >= 11 is 0. The van der Waals surface area contributed by atoms with Gasteiger partial charge < -0.3 is 19.9 Å². The highest BCUT2D eigenvalue weighted by Crippen LogP contribution is 2.41. The summed E-state index contributed by atoms with van der Waals surface area (Å²) in [5, 5.41) is 5.11. The number of fused-ring (bicyclic) bond motifs is 3. The summed E-state index contributed by atoms with van der Waals surface area (Å²) in [6, 6.07) is 26.1. The van der Waals surface area contributed by atoms with Crippen LogP contribution in [0.2, 0.25) is 0 Å². The molecule has 1 aromatic heterocycles. The number of rotatable bonds is 4. The van der Waals surface area contributed by atoms with Gasteiger partial charge in [-0.1, -0.05) is 42.5 Å². The molecule has 152 valence electrons.